The van der Waals surface area contributed by atoms with Gasteiger partial charge in [0, 0.05) is 44.1 Å². The highest BCUT2D eigenvalue weighted by Gasteiger charge is 2.40. The summed E-state index contributed by atoms with van der Waals surface area (Å²) in [7, 11) is 0. The van der Waals surface area contributed by atoms with Crippen molar-refractivity contribution in [3.63, 3.8) is 0 Å². The lowest BCUT2D eigenvalue weighted by molar-refractivity contribution is -0.181. The Morgan fingerprint density at radius 1 is 1.09 bits per heavy atom. The average molecular weight is 304 g/mol. The number of amides is 2. The van der Waals surface area contributed by atoms with Crippen LogP contribution in [0.25, 0.3) is 0 Å². The molecule has 1 aromatic rings. The predicted octanol–water partition coefficient (Wildman–Crippen LogP) is 1.62. The van der Waals surface area contributed by atoms with Crippen molar-refractivity contribution in [1.29, 1.82) is 0 Å². The summed E-state index contributed by atoms with van der Waals surface area (Å²) in [5.74, 6) is -0.592. The molecule has 1 N–H and O–H groups in total. The fourth-order valence-corrected chi connectivity index (χ4v) is 2.92. The zero-order valence-electron chi connectivity index (χ0n) is 12.6. The van der Waals surface area contributed by atoms with E-state index in [1.165, 1.54) is 6.92 Å². The van der Waals surface area contributed by atoms with Gasteiger partial charge in [-0.1, -0.05) is 0 Å². The van der Waals surface area contributed by atoms with Crippen LogP contribution in [0.5, 0.6) is 0 Å². The van der Waals surface area contributed by atoms with Gasteiger partial charge in [0.25, 0.3) is 5.91 Å². The van der Waals surface area contributed by atoms with Crippen molar-refractivity contribution in [1.82, 2.24) is 4.90 Å². The topological polar surface area (TPSA) is 67.9 Å². The van der Waals surface area contributed by atoms with Crippen LogP contribution in [0.2, 0.25) is 0 Å². The zero-order chi connectivity index (χ0) is 15.6. The van der Waals surface area contributed by atoms with E-state index >= 15 is 0 Å². The largest absolute Gasteiger partial charge is 0.347 e. The molecule has 3 rings (SSSR count). The minimum Gasteiger partial charge on any atom is -0.347 e. The number of likely N-dealkylation sites (tertiary alicyclic amines) is 1. The van der Waals surface area contributed by atoms with Crippen LogP contribution in [0, 0.1) is 0 Å². The van der Waals surface area contributed by atoms with Crippen LogP contribution in [0.4, 0.5) is 5.69 Å². The predicted molar refractivity (Wildman–Crippen MR) is 80.5 cm³/mol. The Balaban J connectivity index is 1.61. The number of hydrogen-bond donors (Lipinski definition) is 1. The molecular formula is C16H20N2O4. The summed E-state index contributed by atoms with van der Waals surface area (Å²) in [5, 5.41) is 2.69. The Morgan fingerprint density at radius 2 is 1.68 bits per heavy atom. The molecule has 0 atom stereocenters. The summed E-state index contributed by atoms with van der Waals surface area (Å²) in [6, 6.07) is 6.95. The van der Waals surface area contributed by atoms with Gasteiger partial charge in [-0.3, -0.25) is 9.59 Å². The van der Waals surface area contributed by atoms with E-state index in [0.29, 0.717) is 50.4 Å². The molecule has 2 fully saturated rings. The number of carbonyl (C=O) groups is 2. The first-order chi connectivity index (χ1) is 10.6. The summed E-state index contributed by atoms with van der Waals surface area (Å²) in [5.41, 5.74) is 1.31. The van der Waals surface area contributed by atoms with E-state index in [-0.39, 0.29) is 11.8 Å². The van der Waals surface area contributed by atoms with Crippen LogP contribution in [-0.4, -0.2) is 48.8 Å². The number of rotatable bonds is 2. The van der Waals surface area contributed by atoms with Crippen molar-refractivity contribution >= 4 is 17.5 Å². The molecule has 118 valence electrons. The number of benzene rings is 1. The lowest BCUT2D eigenvalue weighted by Crippen LogP contribution is -2.47. The van der Waals surface area contributed by atoms with Gasteiger partial charge in [-0.15, -0.1) is 0 Å². The monoisotopic (exact) mass is 304 g/mol. The maximum absolute atomic E-state index is 12.5. The quantitative estimate of drug-likeness (QED) is 0.901. The minimum atomic E-state index is -0.466. The molecule has 0 aliphatic carbocycles. The molecule has 0 radical (unpaired) electrons. The zero-order valence-corrected chi connectivity index (χ0v) is 12.6. The fraction of sp³-hybridized carbons (Fsp3) is 0.500. The van der Waals surface area contributed by atoms with Crippen molar-refractivity contribution in [2.75, 3.05) is 31.6 Å². The van der Waals surface area contributed by atoms with Gasteiger partial charge in [-0.05, 0) is 24.3 Å². The van der Waals surface area contributed by atoms with Crippen molar-refractivity contribution in [2.24, 2.45) is 0 Å². The van der Waals surface area contributed by atoms with E-state index in [2.05, 4.69) is 5.32 Å². The van der Waals surface area contributed by atoms with E-state index in [0.717, 1.165) is 0 Å². The molecule has 1 spiro atoms. The molecule has 0 bridgehead atoms. The molecular weight excluding hydrogens is 284 g/mol. The van der Waals surface area contributed by atoms with Crippen LogP contribution < -0.4 is 5.32 Å². The Morgan fingerprint density at radius 3 is 2.23 bits per heavy atom. The summed E-state index contributed by atoms with van der Waals surface area (Å²) in [4.78, 5) is 25.3. The molecule has 2 saturated heterocycles. The van der Waals surface area contributed by atoms with Crippen molar-refractivity contribution in [3.05, 3.63) is 29.8 Å². The van der Waals surface area contributed by atoms with E-state index < -0.39 is 5.79 Å². The van der Waals surface area contributed by atoms with Gasteiger partial charge in [-0.2, -0.15) is 0 Å². The molecule has 2 aliphatic rings. The van der Waals surface area contributed by atoms with Crippen LogP contribution in [-0.2, 0) is 14.3 Å². The smallest absolute Gasteiger partial charge is 0.253 e. The standard InChI is InChI=1S/C16H20N2O4/c1-12(19)17-14-4-2-13(3-5-14)15(20)18-8-6-16(7-9-18)21-10-11-22-16/h2-5H,6-11H2,1H3,(H,17,19). The Kier molecular flexibility index (Phi) is 4.13. The van der Waals surface area contributed by atoms with Crippen molar-refractivity contribution in [3.8, 4) is 0 Å². The number of nitrogens with zero attached hydrogens (tertiary/aromatic N) is 1. The average Bonchev–Trinajstić information content (AvgIpc) is 2.96. The first-order valence-corrected chi connectivity index (χ1v) is 7.53. The van der Waals surface area contributed by atoms with Crippen LogP contribution in [0.15, 0.2) is 24.3 Å². The lowest BCUT2D eigenvalue weighted by atomic mass is 10.0. The second-order valence-corrected chi connectivity index (χ2v) is 5.66. The summed E-state index contributed by atoms with van der Waals surface area (Å²) in [6.07, 6.45) is 1.42. The summed E-state index contributed by atoms with van der Waals surface area (Å²) < 4.78 is 11.3. The number of carbonyl (C=O) groups excluding carboxylic acids is 2. The summed E-state index contributed by atoms with van der Waals surface area (Å²) >= 11 is 0. The molecule has 1 aromatic carbocycles. The highest BCUT2D eigenvalue weighted by atomic mass is 16.7. The SMILES string of the molecule is CC(=O)Nc1ccc(C(=O)N2CCC3(CC2)OCCO3)cc1. The molecule has 0 aromatic heterocycles. The van der Waals surface area contributed by atoms with Gasteiger partial charge < -0.3 is 19.7 Å². The number of anilines is 1. The van der Waals surface area contributed by atoms with Crippen LogP contribution in [0.1, 0.15) is 30.1 Å². The third-order valence-electron chi connectivity index (χ3n) is 4.08. The van der Waals surface area contributed by atoms with Gasteiger partial charge in [-0.25, -0.2) is 0 Å². The molecule has 6 heteroatoms. The van der Waals surface area contributed by atoms with Gasteiger partial charge in [0.2, 0.25) is 5.91 Å². The maximum atomic E-state index is 12.5. The number of ether oxygens (including phenoxy) is 2. The number of piperidine rings is 1. The van der Waals surface area contributed by atoms with E-state index in [1.54, 1.807) is 24.3 Å². The first-order valence-electron chi connectivity index (χ1n) is 7.53. The molecule has 0 unspecified atom stereocenters. The molecule has 22 heavy (non-hydrogen) atoms. The van der Waals surface area contributed by atoms with E-state index in [4.69, 9.17) is 9.47 Å². The highest BCUT2D eigenvalue weighted by Crippen LogP contribution is 2.31. The van der Waals surface area contributed by atoms with Crippen LogP contribution in [0.3, 0.4) is 0 Å². The molecule has 6 nitrogen and oxygen atoms in total. The third-order valence-corrected chi connectivity index (χ3v) is 4.08. The number of nitrogens with one attached hydrogen (secondary N) is 1. The Bertz CT molecular complexity index is 554. The first kappa shape index (κ1) is 15.0. The van der Waals surface area contributed by atoms with E-state index in [9.17, 15) is 9.59 Å². The lowest BCUT2D eigenvalue weighted by Gasteiger charge is -2.37. The normalized spacial score (nSPS) is 20.1. The molecule has 2 aliphatic heterocycles. The second-order valence-electron chi connectivity index (χ2n) is 5.66. The third kappa shape index (κ3) is 3.13. The van der Waals surface area contributed by atoms with Crippen molar-refractivity contribution < 1.29 is 19.1 Å². The summed E-state index contributed by atoms with van der Waals surface area (Å²) in [6.45, 7) is 3.99. The molecule has 2 heterocycles. The van der Waals surface area contributed by atoms with Crippen LogP contribution >= 0.6 is 0 Å². The van der Waals surface area contributed by atoms with Gasteiger partial charge in [0.05, 0.1) is 13.2 Å². The Labute approximate surface area is 129 Å². The van der Waals surface area contributed by atoms with Gasteiger partial charge >= 0.3 is 0 Å². The van der Waals surface area contributed by atoms with Crippen molar-refractivity contribution in [2.45, 2.75) is 25.6 Å². The highest BCUT2D eigenvalue weighted by molar-refractivity contribution is 5.95. The fourth-order valence-electron chi connectivity index (χ4n) is 2.92. The molecule has 0 saturated carbocycles. The maximum Gasteiger partial charge on any atom is 0.253 e. The van der Waals surface area contributed by atoms with E-state index in [1.807, 2.05) is 4.90 Å². The minimum absolute atomic E-state index is 0.00206. The number of hydrogen-bond acceptors (Lipinski definition) is 4. The second kappa shape index (κ2) is 6.06. The van der Waals surface area contributed by atoms with Gasteiger partial charge in [0.15, 0.2) is 5.79 Å². The van der Waals surface area contributed by atoms with Gasteiger partial charge in [0.1, 0.15) is 0 Å². The Hall–Kier alpha value is -1.92. The molecule has 2 amide bonds.